The number of nitrogens with zero attached hydrogens (tertiary/aromatic N) is 2. The Hall–Kier alpha value is -0.830. The van der Waals surface area contributed by atoms with E-state index < -0.39 is 0 Å². The Morgan fingerprint density at radius 2 is 2.50 bits per heavy atom. The van der Waals surface area contributed by atoms with Gasteiger partial charge in [-0.15, -0.1) is 0 Å². The molecule has 2 N–H and O–H groups in total. The molecule has 0 aliphatic heterocycles. The van der Waals surface area contributed by atoms with Gasteiger partial charge in [-0.3, -0.25) is 0 Å². The fraction of sp³-hybridized carbons (Fsp3) is 0.571. The number of hydrogen-bond donors (Lipinski definition) is 1. The molecule has 0 amide bonds. The molecular formula is C7H13N3. The molecule has 0 saturated heterocycles. The van der Waals surface area contributed by atoms with Crippen molar-refractivity contribution in [1.29, 1.82) is 0 Å². The van der Waals surface area contributed by atoms with Crippen LogP contribution < -0.4 is 5.73 Å². The highest BCUT2D eigenvalue weighted by atomic mass is 15.1. The molecule has 1 aromatic rings. The monoisotopic (exact) mass is 139 g/mol. The van der Waals surface area contributed by atoms with Crippen molar-refractivity contribution in [3.63, 3.8) is 0 Å². The van der Waals surface area contributed by atoms with Crippen LogP contribution in [0.2, 0.25) is 0 Å². The van der Waals surface area contributed by atoms with Crippen LogP contribution in [-0.4, -0.2) is 9.55 Å². The summed E-state index contributed by atoms with van der Waals surface area (Å²) in [5.41, 5.74) is 5.65. The molecule has 0 bridgehead atoms. The summed E-state index contributed by atoms with van der Waals surface area (Å²) in [6.07, 6.45) is 3.72. The van der Waals surface area contributed by atoms with Gasteiger partial charge < -0.3 is 10.3 Å². The first-order valence-electron chi connectivity index (χ1n) is 3.52. The smallest absolute Gasteiger partial charge is 0.125 e. The lowest BCUT2D eigenvalue weighted by Gasteiger charge is -2.06. The minimum absolute atomic E-state index is 0.0370. The zero-order valence-electron chi connectivity index (χ0n) is 6.41. The molecule has 1 atom stereocenters. The Labute approximate surface area is 60.9 Å². The summed E-state index contributed by atoms with van der Waals surface area (Å²) in [4.78, 5) is 4.12. The Morgan fingerprint density at radius 1 is 1.80 bits per heavy atom. The first kappa shape index (κ1) is 7.28. The molecule has 0 fully saturated rings. The molecule has 56 valence electrons. The van der Waals surface area contributed by atoms with Gasteiger partial charge in [-0.25, -0.2) is 4.98 Å². The minimum Gasteiger partial charge on any atom is -0.334 e. The number of aromatic nitrogens is 2. The molecule has 10 heavy (non-hydrogen) atoms. The van der Waals surface area contributed by atoms with Gasteiger partial charge >= 0.3 is 0 Å². The molecular weight excluding hydrogens is 126 g/mol. The van der Waals surface area contributed by atoms with Crippen LogP contribution in [0.15, 0.2) is 12.4 Å². The van der Waals surface area contributed by atoms with Crippen LogP contribution in [0.1, 0.15) is 25.7 Å². The van der Waals surface area contributed by atoms with Crippen molar-refractivity contribution in [1.82, 2.24) is 9.55 Å². The standard InChI is InChI=1S/C7H13N3/c1-3-10-5-4-9-7(10)6(2)8/h4-6H,3,8H2,1-2H3. The Morgan fingerprint density at radius 3 is 2.90 bits per heavy atom. The van der Waals surface area contributed by atoms with E-state index in [1.54, 1.807) is 6.20 Å². The summed E-state index contributed by atoms with van der Waals surface area (Å²) in [5, 5.41) is 0. The van der Waals surface area contributed by atoms with Gasteiger partial charge in [0.2, 0.25) is 0 Å². The van der Waals surface area contributed by atoms with E-state index in [1.165, 1.54) is 0 Å². The fourth-order valence-electron chi connectivity index (χ4n) is 0.987. The predicted molar refractivity (Wildman–Crippen MR) is 40.5 cm³/mol. The quantitative estimate of drug-likeness (QED) is 0.662. The van der Waals surface area contributed by atoms with Gasteiger partial charge in [0, 0.05) is 18.9 Å². The molecule has 1 aromatic heterocycles. The Balaban J connectivity index is 2.90. The molecule has 0 aliphatic carbocycles. The lowest BCUT2D eigenvalue weighted by molar-refractivity contribution is 0.637. The second kappa shape index (κ2) is 2.84. The van der Waals surface area contributed by atoms with Gasteiger partial charge in [0.1, 0.15) is 5.82 Å². The van der Waals surface area contributed by atoms with Crippen molar-refractivity contribution in [3.8, 4) is 0 Å². The lowest BCUT2D eigenvalue weighted by atomic mass is 10.3. The van der Waals surface area contributed by atoms with Gasteiger partial charge in [-0.05, 0) is 13.8 Å². The van der Waals surface area contributed by atoms with E-state index in [4.69, 9.17) is 5.73 Å². The molecule has 3 heteroatoms. The maximum absolute atomic E-state index is 5.65. The van der Waals surface area contributed by atoms with Crippen LogP contribution in [0.3, 0.4) is 0 Å². The zero-order valence-corrected chi connectivity index (χ0v) is 6.41. The van der Waals surface area contributed by atoms with Crippen molar-refractivity contribution in [2.24, 2.45) is 5.73 Å². The summed E-state index contributed by atoms with van der Waals surface area (Å²) in [5.74, 6) is 0.961. The molecule has 0 aliphatic rings. The number of imidazole rings is 1. The van der Waals surface area contributed by atoms with Crippen LogP contribution >= 0.6 is 0 Å². The molecule has 1 heterocycles. The molecule has 1 unspecified atom stereocenters. The SMILES string of the molecule is CCn1ccnc1C(C)N. The van der Waals surface area contributed by atoms with Crippen molar-refractivity contribution in [2.45, 2.75) is 26.4 Å². The van der Waals surface area contributed by atoms with E-state index in [9.17, 15) is 0 Å². The van der Waals surface area contributed by atoms with Crippen LogP contribution in [0.5, 0.6) is 0 Å². The average Bonchev–Trinajstić information content (AvgIpc) is 2.33. The maximum atomic E-state index is 5.65. The van der Waals surface area contributed by atoms with Crippen LogP contribution in [0.4, 0.5) is 0 Å². The number of rotatable bonds is 2. The third-order valence-electron chi connectivity index (χ3n) is 1.50. The Bertz CT molecular complexity index is 202. The van der Waals surface area contributed by atoms with E-state index in [1.807, 2.05) is 17.7 Å². The van der Waals surface area contributed by atoms with Crippen molar-refractivity contribution in [3.05, 3.63) is 18.2 Å². The largest absolute Gasteiger partial charge is 0.334 e. The summed E-state index contributed by atoms with van der Waals surface area (Å²) < 4.78 is 2.05. The van der Waals surface area contributed by atoms with Crippen molar-refractivity contribution in [2.75, 3.05) is 0 Å². The molecule has 0 spiro atoms. The summed E-state index contributed by atoms with van der Waals surface area (Å²) in [6, 6.07) is 0.0370. The molecule has 0 saturated carbocycles. The summed E-state index contributed by atoms with van der Waals surface area (Å²) in [6.45, 7) is 4.96. The van der Waals surface area contributed by atoms with Crippen LogP contribution in [0, 0.1) is 0 Å². The maximum Gasteiger partial charge on any atom is 0.125 e. The number of aryl methyl sites for hydroxylation is 1. The van der Waals surface area contributed by atoms with E-state index >= 15 is 0 Å². The van der Waals surface area contributed by atoms with E-state index in [0.717, 1.165) is 12.4 Å². The lowest BCUT2D eigenvalue weighted by Crippen LogP contribution is -2.12. The Kier molecular flexibility index (Phi) is 2.06. The summed E-state index contributed by atoms with van der Waals surface area (Å²) >= 11 is 0. The average molecular weight is 139 g/mol. The first-order chi connectivity index (χ1) is 4.75. The van der Waals surface area contributed by atoms with E-state index in [0.29, 0.717) is 0 Å². The number of hydrogen-bond acceptors (Lipinski definition) is 2. The highest BCUT2D eigenvalue weighted by Crippen LogP contribution is 2.05. The van der Waals surface area contributed by atoms with Gasteiger partial charge in [-0.2, -0.15) is 0 Å². The highest BCUT2D eigenvalue weighted by Gasteiger charge is 2.04. The second-order valence-electron chi connectivity index (χ2n) is 2.36. The molecule has 0 radical (unpaired) electrons. The zero-order chi connectivity index (χ0) is 7.56. The second-order valence-corrected chi connectivity index (χ2v) is 2.36. The summed E-state index contributed by atoms with van der Waals surface area (Å²) in [7, 11) is 0. The van der Waals surface area contributed by atoms with Gasteiger partial charge in [0.25, 0.3) is 0 Å². The fourth-order valence-corrected chi connectivity index (χ4v) is 0.987. The third kappa shape index (κ3) is 1.19. The highest BCUT2D eigenvalue weighted by molar-refractivity contribution is 4.96. The van der Waals surface area contributed by atoms with Crippen LogP contribution in [-0.2, 0) is 6.54 Å². The van der Waals surface area contributed by atoms with Crippen molar-refractivity contribution >= 4 is 0 Å². The first-order valence-corrected chi connectivity index (χ1v) is 3.52. The molecule has 3 nitrogen and oxygen atoms in total. The van der Waals surface area contributed by atoms with Gasteiger partial charge in [0.15, 0.2) is 0 Å². The third-order valence-corrected chi connectivity index (χ3v) is 1.50. The minimum atomic E-state index is 0.0370. The van der Waals surface area contributed by atoms with Crippen LogP contribution in [0.25, 0.3) is 0 Å². The predicted octanol–water partition coefficient (Wildman–Crippen LogP) is 0.923. The number of nitrogens with two attached hydrogens (primary N) is 1. The van der Waals surface area contributed by atoms with Gasteiger partial charge in [0.05, 0.1) is 6.04 Å². The van der Waals surface area contributed by atoms with E-state index in [2.05, 4.69) is 11.9 Å². The van der Waals surface area contributed by atoms with Crippen molar-refractivity contribution < 1.29 is 0 Å². The molecule has 1 rings (SSSR count). The van der Waals surface area contributed by atoms with Gasteiger partial charge in [-0.1, -0.05) is 0 Å². The topological polar surface area (TPSA) is 43.8 Å². The molecule has 0 aromatic carbocycles. The normalized spacial score (nSPS) is 13.5. The van der Waals surface area contributed by atoms with E-state index in [-0.39, 0.29) is 6.04 Å².